The summed E-state index contributed by atoms with van der Waals surface area (Å²) in [7, 11) is 0. The molecule has 5 nitrogen and oxygen atoms in total. The molecule has 0 unspecified atom stereocenters. The molecule has 2 N–H and O–H groups in total. The number of hydrogen-bond acceptors (Lipinski definition) is 5. The Bertz CT molecular complexity index is 826. The molecule has 8 heteroatoms. The van der Waals surface area contributed by atoms with Crippen molar-refractivity contribution in [2.45, 2.75) is 24.4 Å². The van der Waals surface area contributed by atoms with Crippen LogP contribution in [0.15, 0.2) is 42.5 Å². The maximum absolute atomic E-state index is 13.1. The first-order valence-corrected chi connectivity index (χ1v) is 8.07. The number of halogens is 3. The molecule has 26 heavy (non-hydrogen) atoms. The SMILES string of the molecule is O[C@H]1[C@@H](O)COC[C@@H]1N1c2ccccc2Oc2cc(C(F)(F)F)ccc21. The maximum Gasteiger partial charge on any atom is 0.416 e. The minimum Gasteiger partial charge on any atom is -0.453 e. The summed E-state index contributed by atoms with van der Waals surface area (Å²) in [6, 6.07) is 9.39. The van der Waals surface area contributed by atoms with Crippen LogP contribution in [0.1, 0.15) is 5.56 Å². The molecule has 2 aliphatic rings. The topological polar surface area (TPSA) is 62.2 Å². The minimum atomic E-state index is -4.50. The van der Waals surface area contributed by atoms with E-state index in [1.807, 2.05) is 0 Å². The molecule has 138 valence electrons. The number of aliphatic hydroxyl groups is 2. The summed E-state index contributed by atoms with van der Waals surface area (Å²) in [5, 5.41) is 20.4. The first kappa shape index (κ1) is 17.1. The Kier molecular flexibility index (Phi) is 4.06. The third kappa shape index (κ3) is 2.80. The average molecular weight is 367 g/mol. The molecule has 1 saturated heterocycles. The van der Waals surface area contributed by atoms with Crippen molar-refractivity contribution in [1.29, 1.82) is 0 Å². The Morgan fingerprint density at radius 2 is 1.69 bits per heavy atom. The summed E-state index contributed by atoms with van der Waals surface area (Å²) in [5.74, 6) is 0.400. The van der Waals surface area contributed by atoms with Crippen LogP contribution >= 0.6 is 0 Å². The fraction of sp³-hybridized carbons (Fsp3) is 0.333. The quantitative estimate of drug-likeness (QED) is 0.811. The highest BCUT2D eigenvalue weighted by molar-refractivity contribution is 5.79. The van der Waals surface area contributed by atoms with E-state index in [4.69, 9.17) is 9.47 Å². The molecule has 2 aromatic carbocycles. The van der Waals surface area contributed by atoms with Crippen molar-refractivity contribution in [1.82, 2.24) is 0 Å². The van der Waals surface area contributed by atoms with E-state index < -0.39 is 30.0 Å². The van der Waals surface area contributed by atoms with Gasteiger partial charge in [-0.05, 0) is 30.3 Å². The third-order valence-electron chi connectivity index (χ3n) is 4.59. The van der Waals surface area contributed by atoms with Crippen LogP contribution in [0.4, 0.5) is 24.5 Å². The average Bonchev–Trinajstić information content (AvgIpc) is 2.61. The second-order valence-corrected chi connectivity index (χ2v) is 6.28. The van der Waals surface area contributed by atoms with E-state index in [-0.39, 0.29) is 19.0 Å². The van der Waals surface area contributed by atoms with E-state index in [1.165, 1.54) is 6.07 Å². The van der Waals surface area contributed by atoms with Gasteiger partial charge in [0.1, 0.15) is 12.2 Å². The molecule has 4 rings (SSSR count). The van der Waals surface area contributed by atoms with Gasteiger partial charge in [-0.3, -0.25) is 0 Å². The number of benzene rings is 2. The summed E-state index contributed by atoms with van der Waals surface area (Å²) in [6.45, 7) is 0.122. The zero-order valence-corrected chi connectivity index (χ0v) is 13.5. The molecular weight excluding hydrogens is 351 g/mol. The van der Waals surface area contributed by atoms with Gasteiger partial charge < -0.3 is 24.6 Å². The van der Waals surface area contributed by atoms with Gasteiger partial charge in [0.05, 0.1) is 36.2 Å². The van der Waals surface area contributed by atoms with Crippen molar-refractivity contribution >= 4 is 11.4 Å². The van der Waals surface area contributed by atoms with Crippen molar-refractivity contribution < 1.29 is 32.9 Å². The number of ether oxygens (including phenoxy) is 2. The maximum atomic E-state index is 13.1. The van der Waals surface area contributed by atoms with E-state index in [0.29, 0.717) is 17.1 Å². The second kappa shape index (κ2) is 6.15. The molecule has 2 aromatic rings. The number of rotatable bonds is 1. The lowest BCUT2D eigenvalue weighted by atomic mass is 9.99. The van der Waals surface area contributed by atoms with E-state index >= 15 is 0 Å². The number of fused-ring (bicyclic) bond motifs is 2. The first-order chi connectivity index (χ1) is 12.4. The van der Waals surface area contributed by atoms with Crippen LogP contribution in [0.3, 0.4) is 0 Å². The predicted molar refractivity (Wildman–Crippen MR) is 86.7 cm³/mol. The lowest BCUT2D eigenvalue weighted by Crippen LogP contribution is -2.55. The number of anilines is 2. The summed E-state index contributed by atoms with van der Waals surface area (Å²) in [5.41, 5.74) is 0.135. The van der Waals surface area contributed by atoms with Gasteiger partial charge in [-0.15, -0.1) is 0 Å². The number of hydrogen-bond donors (Lipinski definition) is 2. The van der Waals surface area contributed by atoms with Gasteiger partial charge in [-0.25, -0.2) is 0 Å². The number of aliphatic hydroxyl groups excluding tert-OH is 2. The Morgan fingerprint density at radius 1 is 0.962 bits per heavy atom. The Hall–Kier alpha value is -2.29. The standard InChI is InChI=1S/C18H16F3NO4/c19-18(20,21)10-5-6-12-16(7-10)26-15-4-2-1-3-11(15)22(12)13-8-25-9-14(23)17(13)24/h1-7,13-14,17,23-24H,8-9H2/t13-,14-,17+/m0/s1. The molecule has 1 fully saturated rings. The molecule has 0 radical (unpaired) electrons. The molecule has 2 heterocycles. The summed E-state index contributed by atoms with van der Waals surface area (Å²) in [4.78, 5) is 1.67. The summed E-state index contributed by atoms with van der Waals surface area (Å²) < 4.78 is 50.2. The lowest BCUT2D eigenvalue weighted by Gasteiger charge is -2.43. The monoisotopic (exact) mass is 367 g/mol. The van der Waals surface area contributed by atoms with E-state index in [1.54, 1.807) is 29.2 Å². The summed E-state index contributed by atoms with van der Waals surface area (Å²) >= 11 is 0. The molecule has 3 atom stereocenters. The normalized spacial score (nSPS) is 25.3. The van der Waals surface area contributed by atoms with Crippen molar-refractivity contribution in [2.75, 3.05) is 18.1 Å². The zero-order valence-electron chi connectivity index (χ0n) is 13.5. The highest BCUT2D eigenvalue weighted by atomic mass is 19.4. The molecule has 0 bridgehead atoms. The van der Waals surface area contributed by atoms with E-state index in [9.17, 15) is 23.4 Å². The van der Waals surface area contributed by atoms with Crippen LogP contribution in [0.25, 0.3) is 0 Å². The van der Waals surface area contributed by atoms with Crippen LogP contribution in [0.5, 0.6) is 11.5 Å². The lowest BCUT2D eigenvalue weighted by molar-refractivity contribution is -0.137. The Balaban J connectivity index is 1.84. The van der Waals surface area contributed by atoms with Crippen LogP contribution in [-0.2, 0) is 10.9 Å². The molecular formula is C18H16F3NO4. The van der Waals surface area contributed by atoms with Crippen molar-refractivity contribution in [3.05, 3.63) is 48.0 Å². The number of alkyl halides is 3. The van der Waals surface area contributed by atoms with Crippen LogP contribution in [0, 0.1) is 0 Å². The highest BCUT2D eigenvalue weighted by Gasteiger charge is 2.40. The Morgan fingerprint density at radius 3 is 2.46 bits per heavy atom. The third-order valence-corrected chi connectivity index (χ3v) is 4.59. The second-order valence-electron chi connectivity index (χ2n) is 6.28. The van der Waals surface area contributed by atoms with Gasteiger partial charge in [0.15, 0.2) is 11.5 Å². The van der Waals surface area contributed by atoms with Crippen LogP contribution < -0.4 is 9.64 Å². The van der Waals surface area contributed by atoms with Gasteiger partial charge >= 0.3 is 6.18 Å². The smallest absolute Gasteiger partial charge is 0.416 e. The van der Waals surface area contributed by atoms with Gasteiger partial charge in [0, 0.05) is 0 Å². The fourth-order valence-corrected chi connectivity index (χ4v) is 3.31. The van der Waals surface area contributed by atoms with Gasteiger partial charge in [0.2, 0.25) is 0 Å². The number of nitrogens with zero attached hydrogens (tertiary/aromatic N) is 1. The molecule has 2 aliphatic heterocycles. The number of para-hydroxylation sites is 2. The predicted octanol–water partition coefficient (Wildman–Crippen LogP) is 3.07. The van der Waals surface area contributed by atoms with Crippen molar-refractivity contribution in [2.24, 2.45) is 0 Å². The van der Waals surface area contributed by atoms with Crippen LogP contribution in [0.2, 0.25) is 0 Å². The van der Waals surface area contributed by atoms with Crippen LogP contribution in [-0.4, -0.2) is 41.7 Å². The molecule has 0 aromatic heterocycles. The molecule has 0 spiro atoms. The van der Waals surface area contributed by atoms with Gasteiger partial charge in [0.25, 0.3) is 0 Å². The van der Waals surface area contributed by atoms with Crippen molar-refractivity contribution in [3.8, 4) is 11.5 Å². The minimum absolute atomic E-state index is 0.00349. The summed E-state index contributed by atoms with van der Waals surface area (Å²) in [6.07, 6.45) is -6.70. The molecule has 0 aliphatic carbocycles. The fourth-order valence-electron chi connectivity index (χ4n) is 3.31. The Labute approximate surface area is 147 Å². The first-order valence-electron chi connectivity index (χ1n) is 8.07. The molecule has 0 saturated carbocycles. The van der Waals surface area contributed by atoms with Gasteiger partial charge in [-0.2, -0.15) is 13.2 Å². The van der Waals surface area contributed by atoms with E-state index in [2.05, 4.69) is 0 Å². The van der Waals surface area contributed by atoms with Crippen molar-refractivity contribution in [3.63, 3.8) is 0 Å². The highest BCUT2D eigenvalue weighted by Crippen LogP contribution is 2.49. The zero-order chi connectivity index (χ0) is 18.5. The molecule has 0 amide bonds. The van der Waals surface area contributed by atoms with Gasteiger partial charge in [-0.1, -0.05) is 12.1 Å². The van der Waals surface area contributed by atoms with E-state index in [0.717, 1.165) is 12.1 Å². The largest absolute Gasteiger partial charge is 0.453 e.